The van der Waals surface area contributed by atoms with Crippen molar-refractivity contribution >= 4 is 40.8 Å². The molecule has 1 saturated heterocycles. The zero-order chi connectivity index (χ0) is 53.9. The van der Waals surface area contributed by atoms with Gasteiger partial charge in [0.05, 0.1) is 37.1 Å². The van der Waals surface area contributed by atoms with Crippen LogP contribution in [0.1, 0.15) is 176 Å². The second kappa shape index (κ2) is 34.0. The monoisotopic (exact) mass is 1010 g/mol. The summed E-state index contributed by atoms with van der Waals surface area (Å²) in [5.41, 5.74) is -0.306. The van der Waals surface area contributed by atoms with Crippen molar-refractivity contribution in [2.45, 2.75) is 249 Å². The van der Waals surface area contributed by atoms with Crippen LogP contribution in [-0.2, 0) is 44.0 Å². The second-order valence-corrected chi connectivity index (χ2v) is 31.7. The molecule has 0 radical (unpaired) electrons. The van der Waals surface area contributed by atoms with Crippen LogP contribution in [0, 0.1) is 24.7 Å². The highest BCUT2D eigenvalue weighted by atomic mass is 28.4. The third-order valence-corrected chi connectivity index (χ3v) is 21.0. The molecule has 1 aliphatic heterocycles. The summed E-state index contributed by atoms with van der Waals surface area (Å²) in [6.07, 6.45) is 9.90. The quantitative estimate of drug-likeness (QED) is 0.0554. The third-order valence-electron chi connectivity index (χ3n) is 12.0. The highest BCUT2D eigenvalue weighted by molar-refractivity contribution is 6.74. The van der Waals surface area contributed by atoms with Crippen molar-refractivity contribution in [2.75, 3.05) is 13.2 Å². The van der Waals surface area contributed by atoms with E-state index in [1.807, 2.05) is 78.8 Å². The summed E-state index contributed by atoms with van der Waals surface area (Å²) in [4.78, 5) is 49.3. The number of ether oxygens (including phenoxy) is 4. The molecule has 0 aromatic heterocycles. The van der Waals surface area contributed by atoms with Crippen molar-refractivity contribution in [3.8, 4) is 12.8 Å². The molecule has 1 heterocycles. The molecule has 404 valence electrons. The van der Waals surface area contributed by atoms with Crippen molar-refractivity contribution < 1.29 is 52.1 Å². The Balaban J connectivity index is -0.000000522. The first-order chi connectivity index (χ1) is 31.1. The summed E-state index contributed by atoms with van der Waals surface area (Å²) in [5.74, 6) is -1.15. The predicted molar refractivity (Wildman–Crippen MR) is 290 cm³/mol. The van der Waals surface area contributed by atoms with Gasteiger partial charge in [0.1, 0.15) is 17.8 Å². The number of aliphatic carboxylic acids is 1. The Morgan fingerprint density at radius 3 is 1.29 bits per heavy atom. The number of esters is 1. The Kier molecular flexibility index (Phi) is 35.6. The summed E-state index contributed by atoms with van der Waals surface area (Å²) in [7, 11) is -4.45. The van der Waals surface area contributed by atoms with Gasteiger partial charge in [0.15, 0.2) is 16.6 Å². The van der Waals surface area contributed by atoms with Gasteiger partial charge in [0, 0.05) is 13.2 Å². The Hall–Kier alpha value is -3.43. The number of carbonyl (C=O) groups is 4. The summed E-state index contributed by atoms with van der Waals surface area (Å²) in [5, 5.41) is 15.2. The van der Waals surface area contributed by atoms with Crippen molar-refractivity contribution in [1.29, 1.82) is 0 Å². The van der Waals surface area contributed by atoms with E-state index in [9.17, 15) is 24.3 Å². The van der Waals surface area contributed by atoms with Crippen LogP contribution in [0.25, 0.3) is 0 Å². The maximum absolute atomic E-state index is 12.9. The minimum atomic E-state index is -2.24. The fourth-order valence-corrected chi connectivity index (χ4v) is 8.52. The molecule has 3 N–H and O–H groups in total. The second-order valence-electron chi connectivity index (χ2n) is 22.2. The lowest BCUT2D eigenvalue weighted by molar-refractivity contribution is -0.147. The Labute approximate surface area is 424 Å². The summed E-state index contributed by atoms with van der Waals surface area (Å²) < 4.78 is 34.5. The van der Waals surface area contributed by atoms with E-state index < -0.39 is 64.2 Å². The lowest BCUT2D eigenvalue weighted by atomic mass is 9.93. The number of amides is 2. The number of carbonyl (C=O) groups excluding carboxylic acids is 3. The molecule has 69 heavy (non-hydrogen) atoms. The fourth-order valence-electron chi connectivity index (χ4n) is 5.84. The largest absolute Gasteiger partial charge is 0.481 e. The normalized spacial score (nSPS) is 15.4. The average Bonchev–Trinajstić information content (AvgIpc) is 3.81. The van der Waals surface area contributed by atoms with Crippen LogP contribution in [0.4, 0.5) is 9.59 Å². The standard InChI is InChI=1S/C26H45NO5Si.C19H39NO5Si.C4H8O.C2H6.C2H2.CH4/c1-11-19(2)23(27-24(29)31-25(3,4)5)21(32-33(9,10)26(6,7)8)17-22(28)30-18-20-15-13-12-14-16-20;1-11-13(2)16(20-17(23)24-18(3,4)5)14(12-15(21)22)25-26(9,10)19(6,7)8;1-2-4-5-3-1;2*1-2;/h12-16,19,21,23H,11,17-18H2,1-10H3,(H,27,29);13-14,16H,11-12H2,1-10H3,(H,20,23)(H,21,22);1-4H2;1-2H3;1-2H;1H4/t19-,21-,23+;13-,14-,16+;;;;/m00..../s1. The smallest absolute Gasteiger partial charge is 0.407 e. The van der Waals surface area contributed by atoms with E-state index in [1.54, 1.807) is 20.8 Å². The minimum absolute atomic E-state index is 0. The van der Waals surface area contributed by atoms with Crippen LogP contribution in [0.15, 0.2) is 30.3 Å². The lowest BCUT2D eigenvalue weighted by Crippen LogP contribution is -2.55. The van der Waals surface area contributed by atoms with Gasteiger partial charge in [-0.2, -0.15) is 0 Å². The molecule has 0 saturated carbocycles. The molecule has 1 aromatic rings. The molecule has 13 nitrogen and oxygen atoms in total. The van der Waals surface area contributed by atoms with Gasteiger partial charge < -0.3 is 43.5 Å². The van der Waals surface area contributed by atoms with Crippen LogP contribution >= 0.6 is 0 Å². The predicted octanol–water partition coefficient (Wildman–Crippen LogP) is 13.9. The van der Waals surface area contributed by atoms with Gasteiger partial charge in [-0.05, 0) is 108 Å². The van der Waals surface area contributed by atoms with Gasteiger partial charge in [-0.3, -0.25) is 9.59 Å². The SMILES string of the molecule is C.C#C.C1CCOC1.CC.CC[C@H](C)[C@@H](NC(=O)OC(C)(C)C)[C@H](CC(=O)O)O[Si](C)(C)C(C)(C)C.CC[C@H](C)[C@@H](NC(=O)OC(C)(C)C)[C@H](CC(=O)OCc1ccccc1)O[Si](C)(C)C(C)(C)C. The number of carboxylic acid groups (broad SMARTS) is 1. The van der Waals surface area contributed by atoms with Crippen LogP contribution in [0.3, 0.4) is 0 Å². The summed E-state index contributed by atoms with van der Waals surface area (Å²) in [6, 6.07) is 8.77. The van der Waals surface area contributed by atoms with Crippen LogP contribution in [-0.4, -0.2) is 94.6 Å². The maximum Gasteiger partial charge on any atom is 0.407 e. The molecule has 2 rings (SSSR count). The molecule has 15 heteroatoms. The van der Waals surface area contributed by atoms with E-state index in [1.165, 1.54) is 12.8 Å². The van der Waals surface area contributed by atoms with Gasteiger partial charge in [-0.25, -0.2) is 9.59 Å². The molecule has 0 aliphatic carbocycles. The maximum atomic E-state index is 12.9. The number of benzene rings is 1. The molecule has 1 aliphatic rings. The highest BCUT2D eigenvalue weighted by Gasteiger charge is 2.44. The van der Waals surface area contributed by atoms with E-state index in [4.69, 9.17) is 27.8 Å². The topological polar surface area (TPSA) is 168 Å². The van der Waals surface area contributed by atoms with Crippen molar-refractivity contribution in [2.24, 2.45) is 11.8 Å². The highest BCUT2D eigenvalue weighted by Crippen LogP contribution is 2.40. The van der Waals surface area contributed by atoms with Gasteiger partial charge in [-0.1, -0.05) is 134 Å². The van der Waals surface area contributed by atoms with Crippen LogP contribution < -0.4 is 10.6 Å². The fraction of sp³-hybridized carbons (Fsp3) is 0.778. The average molecular weight is 1010 g/mol. The lowest BCUT2D eigenvalue weighted by Gasteiger charge is -2.42. The van der Waals surface area contributed by atoms with E-state index in [0.29, 0.717) is 0 Å². The first-order valence-corrected chi connectivity index (χ1v) is 30.5. The van der Waals surface area contributed by atoms with Gasteiger partial charge in [0.2, 0.25) is 0 Å². The molecule has 0 unspecified atom stereocenters. The Morgan fingerprint density at radius 2 is 1.01 bits per heavy atom. The number of alkyl carbamates (subject to hydrolysis) is 2. The summed E-state index contributed by atoms with van der Waals surface area (Å²) >= 11 is 0. The number of hydrogen-bond donors (Lipinski definition) is 3. The van der Waals surface area contributed by atoms with E-state index in [-0.39, 0.29) is 60.8 Å². The number of rotatable bonds is 18. The number of carboxylic acids is 1. The van der Waals surface area contributed by atoms with E-state index in [2.05, 4.69) is 105 Å². The molecule has 2 amide bonds. The van der Waals surface area contributed by atoms with Gasteiger partial charge in [0.25, 0.3) is 0 Å². The first kappa shape index (κ1) is 72.1. The van der Waals surface area contributed by atoms with Gasteiger partial charge >= 0.3 is 24.1 Å². The molecule has 0 bridgehead atoms. The molecule has 6 atom stereocenters. The number of nitrogens with one attached hydrogen (secondary N) is 2. The number of hydrogen-bond acceptors (Lipinski definition) is 10. The first-order valence-electron chi connectivity index (χ1n) is 24.7. The molecule has 1 fully saturated rings. The molecular formula is C54H104N2O11Si2. The van der Waals surface area contributed by atoms with Crippen molar-refractivity contribution in [1.82, 2.24) is 10.6 Å². The molecule has 0 spiro atoms. The van der Waals surface area contributed by atoms with Gasteiger partial charge in [-0.15, -0.1) is 12.8 Å². The Bertz CT molecular complexity index is 1570. The van der Waals surface area contributed by atoms with E-state index >= 15 is 0 Å². The summed E-state index contributed by atoms with van der Waals surface area (Å²) in [6.45, 7) is 46.5. The van der Waals surface area contributed by atoms with Crippen LogP contribution in [0.5, 0.6) is 0 Å². The number of terminal acetylenes is 1. The third kappa shape index (κ3) is 32.2. The Morgan fingerprint density at radius 1 is 0.667 bits per heavy atom. The zero-order valence-electron chi connectivity index (χ0n) is 46.9. The molecular weight excluding hydrogens is 909 g/mol. The van der Waals surface area contributed by atoms with E-state index in [0.717, 1.165) is 31.6 Å². The van der Waals surface area contributed by atoms with Crippen molar-refractivity contribution in [3.63, 3.8) is 0 Å². The molecule has 1 aromatic carbocycles. The zero-order valence-corrected chi connectivity index (χ0v) is 48.9. The van der Waals surface area contributed by atoms with Crippen molar-refractivity contribution in [3.05, 3.63) is 35.9 Å². The van der Waals surface area contributed by atoms with Crippen LogP contribution in [0.2, 0.25) is 36.3 Å². The minimum Gasteiger partial charge on any atom is -0.481 e.